The number of rotatable bonds is 8. The Kier molecular flexibility index (Phi) is 4.57. The van der Waals surface area contributed by atoms with Crippen molar-refractivity contribution in [2.45, 2.75) is 19.4 Å². The maximum Gasteiger partial charge on any atom is 0.307 e. The van der Waals surface area contributed by atoms with Crippen LogP contribution in [-0.4, -0.2) is 30.1 Å². The molecular weight excluding hydrogens is 250 g/mol. The van der Waals surface area contributed by atoms with Gasteiger partial charge in [-0.1, -0.05) is 0 Å². The Morgan fingerprint density at radius 3 is 2.95 bits per heavy atom. The molecule has 1 aliphatic rings. The lowest BCUT2D eigenvalue weighted by Gasteiger charge is -2.05. The second-order valence-electron chi connectivity index (χ2n) is 4.56. The van der Waals surface area contributed by atoms with Gasteiger partial charge < -0.3 is 19.6 Å². The van der Waals surface area contributed by atoms with E-state index >= 15 is 0 Å². The maximum absolute atomic E-state index is 11.5. The summed E-state index contributed by atoms with van der Waals surface area (Å²) in [4.78, 5) is 22.1. The van der Waals surface area contributed by atoms with Crippen molar-refractivity contribution in [3.63, 3.8) is 0 Å². The van der Waals surface area contributed by atoms with Crippen LogP contribution in [0.4, 0.5) is 0 Å². The van der Waals surface area contributed by atoms with Crippen LogP contribution in [0.1, 0.15) is 18.6 Å². The minimum Gasteiger partial charge on any atom is -0.481 e. The van der Waals surface area contributed by atoms with Crippen LogP contribution in [0.5, 0.6) is 0 Å². The zero-order valence-electron chi connectivity index (χ0n) is 10.5. The van der Waals surface area contributed by atoms with Gasteiger partial charge in [0.2, 0.25) is 5.91 Å². The number of carboxylic acid groups (broad SMARTS) is 1. The van der Waals surface area contributed by atoms with Gasteiger partial charge in [-0.2, -0.15) is 0 Å². The van der Waals surface area contributed by atoms with E-state index in [1.54, 1.807) is 12.3 Å². The van der Waals surface area contributed by atoms with Crippen molar-refractivity contribution in [1.82, 2.24) is 5.32 Å². The van der Waals surface area contributed by atoms with Gasteiger partial charge >= 0.3 is 5.97 Å². The summed E-state index contributed by atoms with van der Waals surface area (Å²) in [5, 5.41) is 11.4. The first-order valence-corrected chi connectivity index (χ1v) is 6.29. The average Bonchev–Trinajstić information content (AvgIpc) is 3.04. The molecule has 2 atom stereocenters. The van der Waals surface area contributed by atoms with Gasteiger partial charge in [-0.3, -0.25) is 9.59 Å². The maximum atomic E-state index is 11.5. The van der Waals surface area contributed by atoms with E-state index in [2.05, 4.69) is 5.32 Å². The van der Waals surface area contributed by atoms with E-state index in [1.165, 1.54) is 0 Å². The van der Waals surface area contributed by atoms with Gasteiger partial charge in [-0.15, -0.1) is 0 Å². The number of nitrogens with one attached hydrogen (secondary N) is 1. The lowest BCUT2D eigenvalue weighted by atomic mass is 10.3. The highest BCUT2D eigenvalue weighted by Crippen LogP contribution is 2.38. The molecule has 1 saturated carbocycles. The second kappa shape index (κ2) is 6.38. The highest BCUT2D eigenvalue weighted by molar-refractivity contribution is 5.89. The highest BCUT2D eigenvalue weighted by Gasteiger charge is 2.48. The SMILES string of the molecule is O=C(O)C1CC1C(=O)NCCCOCc1ccco1. The predicted octanol–water partition coefficient (Wildman–Crippen LogP) is 1.02. The van der Waals surface area contributed by atoms with Crippen LogP contribution in [-0.2, 0) is 20.9 Å². The number of hydrogen-bond donors (Lipinski definition) is 2. The molecule has 19 heavy (non-hydrogen) atoms. The summed E-state index contributed by atoms with van der Waals surface area (Å²) in [7, 11) is 0. The summed E-state index contributed by atoms with van der Waals surface area (Å²) in [5.74, 6) is -1.12. The van der Waals surface area contributed by atoms with E-state index in [0.717, 1.165) is 5.76 Å². The van der Waals surface area contributed by atoms with Crippen LogP contribution in [0.2, 0.25) is 0 Å². The van der Waals surface area contributed by atoms with Crippen molar-refractivity contribution in [2.75, 3.05) is 13.2 Å². The number of carbonyl (C=O) groups excluding carboxylic acids is 1. The van der Waals surface area contributed by atoms with E-state index in [9.17, 15) is 9.59 Å². The van der Waals surface area contributed by atoms with E-state index in [1.807, 2.05) is 6.07 Å². The smallest absolute Gasteiger partial charge is 0.307 e. The zero-order valence-corrected chi connectivity index (χ0v) is 10.5. The lowest BCUT2D eigenvalue weighted by Crippen LogP contribution is -2.28. The molecule has 0 radical (unpaired) electrons. The van der Waals surface area contributed by atoms with Crippen LogP contribution in [0, 0.1) is 11.8 Å². The number of aliphatic carboxylic acids is 1. The Morgan fingerprint density at radius 1 is 1.47 bits per heavy atom. The van der Waals surface area contributed by atoms with Gasteiger partial charge in [0, 0.05) is 13.2 Å². The summed E-state index contributed by atoms with van der Waals surface area (Å²) < 4.78 is 10.5. The summed E-state index contributed by atoms with van der Waals surface area (Å²) in [6.07, 6.45) is 2.74. The Balaban J connectivity index is 1.48. The molecule has 1 aromatic heterocycles. The van der Waals surface area contributed by atoms with Crippen LogP contribution < -0.4 is 5.32 Å². The van der Waals surface area contributed by atoms with Crippen molar-refractivity contribution in [2.24, 2.45) is 11.8 Å². The second-order valence-corrected chi connectivity index (χ2v) is 4.56. The summed E-state index contributed by atoms with van der Waals surface area (Å²) >= 11 is 0. The summed E-state index contributed by atoms with van der Waals surface area (Å²) in [6.45, 7) is 1.44. The van der Waals surface area contributed by atoms with E-state index < -0.39 is 11.9 Å². The Hall–Kier alpha value is -1.82. The molecule has 1 heterocycles. The molecule has 0 bridgehead atoms. The lowest BCUT2D eigenvalue weighted by molar-refractivity contribution is -0.140. The summed E-state index contributed by atoms with van der Waals surface area (Å²) in [5.41, 5.74) is 0. The monoisotopic (exact) mass is 267 g/mol. The first kappa shape index (κ1) is 13.6. The molecule has 6 nitrogen and oxygen atoms in total. The number of carbonyl (C=O) groups is 2. The Labute approximate surface area is 110 Å². The van der Waals surface area contributed by atoms with Crippen LogP contribution in [0.25, 0.3) is 0 Å². The van der Waals surface area contributed by atoms with Gasteiger partial charge in [0.15, 0.2) is 0 Å². The molecule has 2 unspecified atom stereocenters. The minimum atomic E-state index is -0.887. The molecular formula is C13H17NO5. The van der Waals surface area contributed by atoms with E-state index in [4.69, 9.17) is 14.3 Å². The molecule has 0 spiro atoms. The Bertz CT molecular complexity index is 428. The van der Waals surface area contributed by atoms with Crippen molar-refractivity contribution in [3.8, 4) is 0 Å². The van der Waals surface area contributed by atoms with E-state index in [-0.39, 0.29) is 11.8 Å². The molecule has 1 amide bonds. The molecule has 104 valence electrons. The number of ether oxygens (including phenoxy) is 1. The van der Waals surface area contributed by atoms with Gasteiger partial charge in [0.05, 0.1) is 18.1 Å². The predicted molar refractivity (Wildman–Crippen MR) is 65.2 cm³/mol. The van der Waals surface area contributed by atoms with Crippen LogP contribution in [0.3, 0.4) is 0 Å². The van der Waals surface area contributed by atoms with Gasteiger partial charge in [0.25, 0.3) is 0 Å². The van der Waals surface area contributed by atoms with Crippen molar-refractivity contribution in [3.05, 3.63) is 24.2 Å². The standard InChI is InChI=1S/C13H17NO5/c15-12(10-7-11(10)13(16)17)14-4-2-5-18-8-9-3-1-6-19-9/h1,3,6,10-11H,2,4-5,7-8H2,(H,14,15)(H,16,17). The first-order valence-electron chi connectivity index (χ1n) is 6.29. The largest absolute Gasteiger partial charge is 0.481 e. The molecule has 1 aromatic rings. The fraction of sp³-hybridized carbons (Fsp3) is 0.538. The zero-order chi connectivity index (χ0) is 13.7. The molecule has 2 N–H and O–H groups in total. The third kappa shape index (κ3) is 4.10. The van der Waals surface area contributed by atoms with Crippen molar-refractivity contribution in [1.29, 1.82) is 0 Å². The molecule has 2 rings (SSSR count). The van der Waals surface area contributed by atoms with Crippen molar-refractivity contribution < 1.29 is 23.8 Å². The molecule has 0 saturated heterocycles. The number of carboxylic acids is 1. The topological polar surface area (TPSA) is 88.8 Å². The fourth-order valence-electron chi connectivity index (χ4n) is 1.84. The molecule has 6 heteroatoms. The molecule has 1 aliphatic carbocycles. The number of furan rings is 1. The van der Waals surface area contributed by atoms with E-state index in [0.29, 0.717) is 32.6 Å². The molecule has 1 fully saturated rings. The van der Waals surface area contributed by atoms with Crippen molar-refractivity contribution >= 4 is 11.9 Å². The molecule has 0 aliphatic heterocycles. The van der Waals surface area contributed by atoms with Gasteiger partial charge in [-0.05, 0) is 25.0 Å². The number of amides is 1. The average molecular weight is 267 g/mol. The summed E-state index contributed by atoms with van der Waals surface area (Å²) in [6, 6.07) is 3.63. The fourth-order valence-corrected chi connectivity index (χ4v) is 1.84. The normalized spacial score (nSPS) is 21.1. The Morgan fingerprint density at radius 2 is 2.32 bits per heavy atom. The van der Waals surface area contributed by atoms with Crippen LogP contribution >= 0.6 is 0 Å². The third-order valence-corrected chi connectivity index (χ3v) is 3.03. The quantitative estimate of drug-likeness (QED) is 0.686. The van der Waals surface area contributed by atoms with Gasteiger partial charge in [-0.25, -0.2) is 0 Å². The highest BCUT2D eigenvalue weighted by atomic mass is 16.5. The minimum absolute atomic E-state index is 0.168. The first-order chi connectivity index (χ1) is 9.18. The molecule has 0 aromatic carbocycles. The van der Waals surface area contributed by atoms with Crippen LogP contribution in [0.15, 0.2) is 22.8 Å². The third-order valence-electron chi connectivity index (χ3n) is 3.03. The number of hydrogen-bond acceptors (Lipinski definition) is 4. The van der Waals surface area contributed by atoms with Gasteiger partial charge in [0.1, 0.15) is 12.4 Å².